The Labute approximate surface area is 111 Å². The molecule has 0 atom stereocenters. The SMILES string of the molecule is O=C(c1cn[nH]c1)N1CCN(c2ccccn2)CC1. The Morgan fingerprint density at radius 2 is 2.05 bits per heavy atom. The van der Waals surface area contributed by atoms with Gasteiger partial charge in [0.15, 0.2) is 0 Å². The van der Waals surface area contributed by atoms with E-state index in [-0.39, 0.29) is 5.91 Å². The Hall–Kier alpha value is -2.37. The number of piperazine rings is 1. The van der Waals surface area contributed by atoms with Crippen LogP contribution < -0.4 is 4.90 Å². The van der Waals surface area contributed by atoms with Crippen molar-refractivity contribution in [2.75, 3.05) is 31.1 Å². The zero-order valence-electron chi connectivity index (χ0n) is 10.5. The second-order valence-electron chi connectivity index (χ2n) is 4.45. The van der Waals surface area contributed by atoms with E-state index in [0.29, 0.717) is 18.7 Å². The summed E-state index contributed by atoms with van der Waals surface area (Å²) in [6.45, 7) is 3.03. The number of hydrogen-bond donors (Lipinski definition) is 1. The van der Waals surface area contributed by atoms with Crippen LogP contribution in [0.5, 0.6) is 0 Å². The fourth-order valence-electron chi connectivity index (χ4n) is 2.23. The van der Waals surface area contributed by atoms with Crippen LogP contribution in [0.4, 0.5) is 5.82 Å². The molecule has 19 heavy (non-hydrogen) atoms. The number of amides is 1. The second kappa shape index (κ2) is 5.09. The summed E-state index contributed by atoms with van der Waals surface area (Å²) < 4.78 is 0. The van der Waals surface area contributed by atoms with E-state index in [1.807, 2.05) is 23.1 Å². The molecule has 6 nitrogen and oxygen atoms in total. The van der Waals surface area contributed by atoms with Crippen molar-refractivity contribution in [3.8, 4) is 0 Å². The number of carbonyl (C=O) groups is 1. The molecule has 1 amide bonds. The van der Waals surface area contributed by atoms with E-state index in [4.69, 9.17) is 0 Å². The number of pyridine rings is 1. The summed E-state index contributed by atoms with van der Waals surface area (Å²) in [6.07, 6.45) is 4.99. The van der Waals surface area contributed by atoms with Crippen LogP contribution in [0.25, 0.3) is 0 Å². The van der Waals surface area contributed by atoms with E-state index >= 15 is 0 Å². The molecule has 3 heterocycles. The second-order valence-corrected chi connectivity index (χ2v) is 4.45. The first-order valence-corrected chi connectivity index (χ1v) is 6.28. The third-order valence-electron chi connectivity index (χ3n) is 3.29. The molecule has 0 unspecified atom stereocenters. The number of hydrogen-bond acceptors (Lipinski definition) is 4. The Bertz CT molecular complexity index is 531. The van der Waals surface area contributed by atoms with Gasteiger partial charge in [0, 0.05) is 38.6 Å². The molecule has 2 aromatic heterocycles. The first-order valence-electron chi connectivity index (χ1n) is 6.28. The third kappa shape index (κ3) is 2.42. The Morgan fingerprint density at radius 1 is 1.21 bits per heavy atom. The molecule has 0 aromatic carbocycles. The summed E-state index contributed by atoms with van der Waals surface area (Å²) in [5.74, 6) is 1.01. The number of nitrogens with zero attached hydrogens (tertiary/aromatic N) is 4. The Balaban J connectivity index is 1.62. The largest absolute Gasteiger partial charge is 0.353 e. The minimum Gasteiger partial charge on any atom is -0.353 e. The van der Waals surface area contributed by atoms with Crippen LogP contribution in [-0.2, 0) is 0 Å². The first-order chi connectivity index (χ1) is 9.34. The number of H-pyrrole nitrogens is 1. The number of aromatic nitrogens is 3. The zero-order valence-corrected chi connectivity index (χ0v) is 10.5. The van der Waals surface area contributed by atoms with Gasteiger partial charge in [0.25, 0.3) is 5.91 Å². The van der Waals surface area contributed by atoms with Gasteiger partial charge in [0.1, 0.15) is 5.82 Å². The molecule has 1 N–H and O–H groups in total. The monoisotopic (exact) mass is 257 g/mol. The number of anilines is 1. The molecule has 98 valence electrons. The number of nitrogens with one attached hydrogen (secondary N) is 1. The number of aromatic amines is 1. The fraction of sp³-hybridized carbons (Fsp3) is 0.308. The summed E-state index contributed by atoms with van der Waals surface area (Å²) in [5.41, 5.74) is 0.617. The molecule has 0 saturated carbocycles. The molecule has 3 rings (SSSR count). The summed E-state index contributed by atoms with van der Waals surface area (Å²) in [6, 6.07) is 5.88. The maximum Gasteiger partial charge on any atom is 0.257 e. The minimum absolute atomic E-state index is 0.0365. The fourth-order valence-corrected chi connectivity index (χ4v) is 2.23. The maximum absolute atomic E-state index is 12.1. The van der Waals surface area contributed by atoms with Gasteiger partial charge in [-0.1, -0.05) is 6.07 Å². The van der Waals surface area contributed by atoms with Crippen LogP contribution in [0.1, 0.15) is 10.4 Å². The summed E-state index contributed by atoms with van der Waals surface area (Å²) >= 11 is 0. The van der Waals surface area contributed by atoms with Crippen molar-refractivity contribution in [2.45, 2.75) is 0 Å². The van der Waals surface area contributed by atoms with Crippen LogP contribution >= 0.6 is 0 Å². The van der Waals surface area contributed by atoms with Gasteiger partial charge in [-0.25, -0.2) is 4.98 Å². The third-order valence-corrected chi connectivity index (χ3v) is 3.29. The van der Waals surface area contributed by atoms with E-state index in [1.54, 1.807) is 18.6 Å². The average molecular weight is 257 g/mol. The van der Waals surface area contributed by atoms with Crippen molar-refractivity contribution in [3.05, 3.63) is 42.4 Å². The van der Waals surface area contributed by atoms with Crippen molar-refractivity contribution < 1.29 is 4.79 Å². The van der Waals surface area contributed by atoms with Crippen molar-refractivity contribution in [3.63, 3.8) is 0 Å². The highest BCUT2D eigenvalue weighted by molar-refractivity contribution is 5.93. The molecule has 0 radical (unpaired) electrons. The summed E-state index contributed by atoms with van der Waals surface area (Å²) in [7, 11) is 0. The van der Waals surface area contributed by atoms with E-state index in [9.17, 15) is 4.79 Å². The minimum atomic E-state index is 0.0365. The average Bonchev–Trinajstić information content (AvgIpc) is 3.02. The molecular formula is C13H15N5O. The molecule has 1 fully saturated rings. The van der Waals surface area contributed by atoms with E-state index in [0.717, 1.165) is 18.9 Å². The van der Waals surface area contributed by atoms with Gasteiger partial charge in [-0.15, -0.1) is 0 Å². The van der Waals surface area contributed by atoms with Crippen LogP contribution in [0.2, 0.25) is 0 Å². The Morgan fingerprint density at radius 3 is 2.68 bits per heavy atom. The van der Waals surface area contributed by atoms with Crippen LogP contribution in [-0.4, -0.2) is 52.2 Å². The van der Waals surface area contributed by atoms with Crippen LogP contribution in [0.3, 0.4) is 0 Å². The van der Waals surface area contributed by atoms with Crippen LogP contribution in [0, 0.1) is 0 Å². The number of carbonyl (C=O) groups excluding carboxylic acids is 1. The predicted octanol–water partition coefficient (Wildman–Crippen LogP) is 0.767. The highest BCUT2D eigenvalue weighted by atomic mass is 16.2. The van der Waals surface area contributed by atoms with Gasteiger partial charge >= 0.3 is 0 Å². The van der Waals surface area contributed by atoms with E-state index in [2.05, 4.69) is 20.1 Å². The van der Waals surface area contributed by atoms with Gasteiger partial charge < -0.3 is 9.80 Å². The normalized spacial score (nSPS) is 15.6. The van der Waals surface area contributed by atoms with Crippen molar-refractivity contribution in [1.29, 1.82) is 0 Å². The molecule has 6 heteroatoms. The molecule has 0 bridgehead atoms. The first kappa shape index (κ1) is 11.7. The Kier molecular flexibility index (Phi) is 3.14. The topological polar surface area (TPSA) is 65.1 Å². The maximum atomic E-state index is 12.1. The van der Waals surface area contributed by atoms with Crippen LogP contribution in [0.15, 0.2) is 36.8 Å². The van der Waals surface area contributed by atoms with Gasteiger partial charge in [-0.2, -0.15) is 5.10 Å². The molecule has 1 saturated heterocycles. The van der Waals surface area contributed by atoms with Crippen molar-refractivity contribution in [2.24, 2.45) is 0 Å². The van der Waals surface area contributed by atoms with Crippen molar-refractivity contribution in [1.82, 2.24) is 20.1 Å². The van der Waals surface area contributed by atoms with E-state index < -0.39 is 0 Å². The lowest BCUT2D eigenvalue weighted by molar-refractivity contribution is 0.0746. The lowest BCUT2D eigenvalue weighted by atomic mass is 10.2. The van der Waals surface area contributed by atoms with Crippen molar-refractivity contribution >= 4 is 11.7 Å². The molecule has 0 spiro atoms. The smallest absolute Gasteiger partial charge is 0.257 e. The number of rotatable bonds is 2. The lowest BCUT2D eigenvalue weighted by Gasteiger charge is -2.35. The predicted molar refractivity (Wildman–Crippen MR) is 70.9 cm³/mol. The molecule has 1 aliphatic rings. The molecule has 1 aliphatic heterocycles. The lowest BCUT2D eigenvalue weighted by Crippen LogP contribution is -2.49. The molecule has 2 aromatic rings. The summed E-state index contributed by atoms with van der Waals surface area (Å²) in [4.78, 5) is 20.5. The zero-order chi connectivity index (χ0) is 13.1. The quantitative estimate of drug-likeness (QED) is 0.863. The highest BCUT2D eigenvalue weighted by Crippen LogP contribution is 2.13. The van der Waals surface area contributed by atoms with E-state index in [1.165, 1.54) is 0 Å². The van der Waals surface area contributed by atoms with Gasteiger partial charge in [0.05, 0.1) is 11.8 Å². The standard InChI is InChI=1S/C13H15N5O/c19-13(11-9-15-16-10-11)18-7-5-17(6-8-18)12-3-1-2-4-14-12/h1-4,9-10H,5-8H2,(H,15,16). The van der Waals surface area contributed by atoms with Gasteiger partial charge in [-0.3, -0.25) is 9.89 Å². The van der Waals surface area contributed by atoms with Gasteiger partial charge in [-0.05, 0) is 12.1 Å². The molecule has 0 aliphatic carbocycles. The molecular weight excluding hydrogens is 242 g/mol. The van der Waals surface area contributed by atoms with Gasteiger partial charge in [0.2, 0.25) is 0 Å². The summed E-state index contributed by atoms with van der Waals surface area (Å²) in [5, 5.41) is 6.47. The highest BCUT2D eigenvalue weighted by Gasteiger charge is 2.23.